The fourth-order valence-corrected chi connectivity index (χ4v) is 2.64. The minimum Gasteiger partial charge on any atom is -0.307 e. The summed E-state index contributed by atoms with van der Waals surface area (Å²) in [7, 11) is 0. The van der Waals surface area contributed by atoms with E-state index in [1.54, 1.807) is 12.1 Å². The highest BCUT2D eigenvalue weighted by atomic mass is 35.5. The largest absolute Gasteiger partial charge is 0.307 e. The van der Waals surface area contributed by atoms with Crippen molar-refractivity contribution in [3.8, 4) is 0 Å². The molecule has 1 atom stereocenters. The van der Waals surface area contributed by atoms with Crippen LogP contribution in [0.3, 0.4) is 0 Å². The third kappa shape index (κ3) is 2.70. The van der Waals surface area contributed by atoms with Crippen LogP contribution in [0.15, 0.2) is 29.8 Å². The average molecular weight is 254 g/mol. The summed E-state index contributed by atoms with van der Waals surface area (Å²) in [6.45, 7) is 2.82. The topological polar surface area (TPSA) is 12.0 Å². The Morgan fingerprint density at radius 2 is 2.29 bits per heavy atom. The number of rotatable bonds is 4. The van der Waals surface area contributed by atoms with Gasteiger partial charge in [-0.1, -0.05) is 36.2 Å². The van der Waals surface area contributed by atoms with Crippen molar-refractivity contribution < 1.29 is 4.39 Å². The molecule has 0 aromatic heterocycles. The normalized spacial score (nSPS) is 17.0. The first-order valence-electron chi connectivity index (χ1n) is 6.10. The van der Waals surface area contributed by atoms with E-state index in [2.05, 4.69) is 11.4 Å². The van der Waals surface area contributed by atoms with Gasteiger partial charge in [0.2, 0.25) is 0 Å². The number of benzene rings is 1. The van der Waals surface area contributed by atoms with E-state index in [1.807, 2.05) is 6.92 Å². The first-order valence-corrected chi connectivity index (χ1v) is 6.48. The van der Waals surface area contributed by atoms with Crippen LogP contribution >= 0.6 is 11.6 Å². The molecule has 0 spiro atoms. The van der Waals surface area contributed by atoms with Gasteiger partial charge in [0.05, 0.1) is 6.04 Å². The summed E-state index contributed by atoms with van der Waals surface area (Å²) in [5.41, 5.74) is 1.85. The Morgan fingerprint density at radius 3 is 2.88 bits per heavy atom. The van der Waals surface area contributed by atoms with E-state index < -0.39 is 0 Å². The van der Waals surface area contributed by atoms with Gasteiger partial charge >= 0.3 is 0 Å². The van der Waals surface area contributed by atoms with Gasteiger partial charge in [-0.2, -0.15) is 0 Å². The minimum absolute atomic E-state index is 0.0730. The maximum absolute atomic E-state index is 13.9. The van der Waals surface area contributed by atoms with Crippen LogP contribution in [0.25, 0.3) is 0 Å². The lowest BCUT2D eigenvalue weighted by Crippen LogP contribution is -2.23. The molecule has 1 aliphatic rings. The molecule has 0 saturated carbocycles. The second kappa shape index (κ2) is 5.65. The van der Waals surface area contributed by atoms with E-state index in [9.17, 15) is 4.39 Å². The minimum atomic E-state index is -0.226. The van der Waals surface area contributed by atoms with Gasteiger partial charge in [0.15, 0.2) is 0 Å². The summed E-state index contributed by atoms with van der Waals surface area (Å²) < 4.78 is 13.9. The van der Waals surface area contributed by atoms with Gasteiger partial charge in [-0.15, -0.1) is 0 Å². The van der Waals surface area contributed by atoms with Crippen molar-refractivity contribution >= 4 is 11.6 Å². The fourth-order valence-electron chi connectivity index (χ4n) is 2.37. The Hall–Kier alpha value is -0.860. The van der Waals surface area contributed by atoms with E-state index in [0.717, 1.165) is 25.8 Å². The van der Waals surface area contributed by atoms with Gasteiger partial charge in [0, 0.05) is 10.6 Å². The van der Waals surface area contributed by atoms with Crippen molar-refractivity contribution in [1.82, 2.24) is 5.32 Å². The van der Waals surface area contributed by atoms with Crippen LogP contribution in [-0.2, 0) is 0 Å². The molecule has 17 heavy (non-hydrogen) atoms. The van der Waals surface area contributed by atoms with Crippen LogP contribution < -0.4 is 5.32 Å². The number of halogens is 2. The average Bonchev–Trinajstić information content (AvgIpc) is 2.80. The summed E-state index contributed by atoms with van der Waals surface area (Å²) in [5, 5.41) is 3.83. The zero-order valence-electron chi connectivity index (χ0n) is 9.97. The molecular formula is C14H17ClFN. The fraction of sp³-hybridized carbons (Fsp3) is 0.429. The van der Waals surface area contributed by atoms with Crippen molar-refractivity contribution in [2.24, 2.45) is 0 Å². The molecule has 0 amide bonds. The van der Waals surface area contributed by atoms with Gasteiger partial charge in [-0.25, -0.2) is 4.39 Å². The number of likely N-dealkylation sites (N-methyl/N-ethyl adjacent to an activating group) is 1. The summed E-state index contributed by atoms with van der Waals surface area (Å²) in [6, 6.07) is 4.80. The SMILES string of the molecule is CCNC(C1=CCCC1)c1c(F)cccc1Cl. The first-order chi connectivity index (χ1) is 8.24. The molecule has 0 radical (unpaired) electrons. The van der Waals surface area contributed by atoms with Crippen LogP contribution in [0, 0.1) is 5.82 Å². The zero-order valence-corrected chi connectivity index (χ0v) is 10.7. The van der Waals surface area contributed by atoms with Crippen LogP contribution in [0.5, 0.6) is 0 Å². The lowest BCUT2D eigenvalue weighted by Gasteiger charge is -2.21. The van der Waals surface area contributed by atoms with E-state index in [-0.39, 0.29) is 11.9 Å². The maximum Gasteiger partial charge on any atom is 0.129 e. The van der Waals surface area contributed by atoms with Gasteiger partial charge in [0.25, 0.3) is 0 Å². The Bertz CT molecular complexity index is 408. The predicted molar refractivity (Wildman–Crippen MR) is 69.8 cm³/mol. The van der Waals surface area contributed by atoms with Gasteiger partial charge < -0.3 is 5.32 Å². The monoisotopic (exact) mass is 253 g/mol. The molecule has 1 aromatic carbocycles. The molecule has 0 aliphatic heterocycles. The molecule has 1 nitrogen and oxygen atoms in total. The van der Waals surface area contributed by atoms with Gasteiger partial charge in [-0.05, 0) is 37.9 Å². The summed E-state index contributed by atoms with van der Waals surface area (Å²) in [5.74, 6) is -0.226. The number of hydrogen-bond donors (Lipinski definition) is 1. The molecule has 0 saturated heterocycles. The van der Waals surface area contributed by atoms with E-state index in [0.29, 0.717) is 10.6 Å². The van der Waals surface area contributed by atoms with E-state index in [4.69, 9.17) is 11.6 Å². The van der Waals surface area contributed by atoms with E-state index in [1.165, 1.54) is 11.6 Å². The quantitative estimate of drug-likeness (QED) is 0.792. The van der Waals surface area contributed by atoms with Gasteiger partial charge in [0.1, 0.15) is 5.82 Å². The number of allylic oxidation sites excluding steroid dienone is 1. The van der Waals surface area contributed by atoms with Crippen molar-refractivity contribution in [3.63, 3.8) is 0 Å². The Kier molecular flexibility index (Phi) is 4.19. The van der Waals surface area contributed by atoms with Crippen molar-refractivity contribution in [1.29, 1.82) is 0 Å². The maximum atomic E-state index is 13.9. The molecule has 1 aromatic rings. The standard InChI is InChI=1S/C14H17ClFN/c1-2-17-14(10-6-3-4-7-10)13-11(15)8-5-9-12(13)16/h5-6,8-9,14,17H,2-4,7H2,1H3. The third-order valence-electron chi connectivity index (χ3n) is 3.14. The summed E-state index contributed by atoms with van der Waals surface area (Å²) in [6.07, 6.45) is 5.48. The van der Waals surface area contributed by atoms with Crippen molar-refractivity contribution in [2.45, 2.75) is 32.2 Å². The lowest BCUT2D eigenvalue weighted by molar-refractivity contribution is 0.547. The summed E-state index contributed by atoms with van der Waals surface area (Å²) in [4.78, 5) is 0. The van der Waals surface area contributed by atoms with Crippen LogP contribution in [0.4, 0.5) is 4.39 Å². The Labute approximate surface area is 107 Å². The summed E-state index contributed by atoms with van der Waals surface area (Å²) >= 11 is 6.13. The molecule has 92 valence electrons. The molecule has 0 fully saturated rings. The number of nitrogens with one attached hydrogen (secondary N) is 1. The lowest BCUT2D eigenvalue weighted by atomic mass is 9.97. The Balaban J connectivity index is 2.38. The highest BCUT2D eigenvalue weighted by Gasteiger charge is 2.23. The zero-order chi connectivity index (χ0) is 12.3. The molecule has 1 N–H and O–H groups in total. The predicted octanol–water partition coefficient (Wildman–Crippen LogP) is 4.24. The molecule has 3 heteroatoms. The number of hydrogen-bond acceptors (Lipinski definition) is 1. The van der Waals surface area contributed by atoms with Crippen LogP contribution in [-0.4, -0.2) is 6.54 Å². The molecule has 1 unspecified atom stereocenters. The Morgan fingerprint density at radius 1 is 1.47 bits per heavy atom. The second-order valence-corrected chi connectivity index (χ2v) is 4.70. The molecule has 1 aliphatic carbocycles. The van der Waals surface area contributed by atoms with Crippen LogP contribution in [0.2, 0.25) is 5.02 Å². The molecular weight excluding hydrogens is 237 g/mol. The van der Waals surface area contributed by atoms with Crippen LogP contribution in [0.1, 0.15) is 37.8 Å². The molecule has 2 rings (SSSR count). The van der Waals surface area contributed by atoms with Gasteiger partial charge in [-0.3, -0.25) is 0 Å². The first kappa shape index (κ1) is 12.6. The molecule has 0 heterocycles. The second-order valence-electron chi connectivity index (χ2n) is 4.30. The highest BCUT2D eigenvalue weighted by molar-refractivity contribution is 6.31. The smallest absolute Gasteiger partial charge is 0.129 e. The third-order valence-corrected chi connectivity index (χ3v) is 3.47. The van der Waals surface area contributed by atoms with Crippen molar-refractivity contribution in [3.05, 3.63) is 46.3 Å². The van der Waals surface area contributed by atoms with Crippen molar-refractivity contribution in [2.75, 3.05) is 6.54 Å². The highest BCUT2D eigenvalue weighted by Crippen LogP contribution is 2.35. The molecule has 0 bridgehead atoms. The van der Waals surface area contributed by atoms with E-state index >= 15 is 0 Å².